The highest BCUT2D eigenvalue weighted by atomic mass is 16.6. The third-order valence-corrected chi connectivity index (χ3v) is 2.14. The van der Waals surface area contributed by atoms with Crippen LogP contribution < -0.4 is 0 Å². The van der Waals surface area contributed by atoms with E-state index in [2.05, 4.69) is 6.92 Å². The number of carbonyl (C=O) groups is 1. The Labute approximate surface area is 100 Å². The molecule has 0 atom stereocenters. The summed E-state index contributed by atoms with van der Waals surface area (Å²) >= 11 is 0. The third kappa shape index (κ3) is 11.3. The first-order valence-electron chi connectivity index (χ1n) is 6.35. The lowest BCUT2D eigenvalue weighted by Crippen LogP contribution is -2.22. The Morgan fingerprint density at radius 3 is 2.31 bits per heavy atom. The van der Waals surface area contributed by atoms with Gasteiger partial charge in [0.15, 0.2) is 0 Å². The lowest BCUT2D eigenvalue weighted by Gasteiger charge is -2.17. The molecule has 0 aliphatic rings. The maximum absolute atomic E-state index is 11.3. The van der Waals surface area contributed by atoms with Gasteiger partial charge in [-0.25, -0.2) is 4.79 Å². The van der Waals surface area contributed by atoms with E-state index in [1.54, 1.807) is 6.08 Å². The second-order valence-corrected chi connectivity index (χ2v) is 5.14. The number of carbonyl (C=O) groups excluding carboxylic acids is 1. The van der Waals surface area contributed by atoms with E-state index in [9.17, 15) is 4.79 Å². The van der Waals surface area contributed by atoms with Gasteiger partial charge in [-0.3, -0.25) is 0 Å². The molecule has 2 nitrogen and oxygen atoms in total. The van der Waals surface area contributed by atoms with E-state index in [0.717, 1.165) is 6.42 Å². The predicted octanol–water partition coefficient (Wildman–Crippen LogP) is 4.24. The average Bonchev–Trinajstić information content (AvgIpc) is 2.13. The van der Waals surface area contributed by atoms with Crippen LogP contribution >= 0.6 is 0 Å². The van der Waals surface area contributed by atoms with Crippen LogP contribution in [-0.4, -0.2) is 11.6 Å². The summed E-state index contributed by atoms with van der Waals surface area (Å²) in [6.45, 7) is 7.85. The van der Waals surface area contributed by atoms with Gasteiger partial charge in [0.1, 0.15) is 5.60 Å². The molecule has 16 heavy (non-hydrogen) atoms. The van der Waals surface area contributed by atoms with Crippen molar-refractivity contribution in [2.45, 2.75) is 71.8 Å². The zero-order valence-corrected chi connectivity index (χ0v) is 11.2. The highest BCUT2D eigenvalue weighted by molar-refractivity contribution is 5.82. The number of ether oxygens (including phenoxy) is 1. The van der Waals surface area contributed by atoms with Gasteiger partial charge < -0.3 is 4.74 Å². The topological polar surface area (TPSA) is 26.3 Å². The third-order valence-electron chi connectivity index (χ3n) is 2.14. The fourth-order valence-electron chi connectivity index (χ4n) is 1.38. The summed E-state index contributed by atoms with van der Waals surface area (Å²) < 4.78 is 5.16. The summed E-state index contributed by atoms with van der Waals surface area (Å²) in [5.41, 5.74) is -0.386. The van der Waals surface area contributed by atoms with Gasteiger partial charge >= 0.3 is 5.97 Å². The summed E-state index contributed by atoms with van der Waals surface area (Å²) in [6.07, 6.45) is 10.8. The molecule has 0 fully saturated rings. The first-order valence-corrected chi connectivity index (χ1v) is 6.35. The lowest BCUT2D eigenvalue weighted by molar-refractivity contribution is -0.148. The molecule has 0 aromatic carbocycles. The van der Waals surface area contributed by atoms with Crippen molar-refractivity contribution in [1.29, 1.82) is 0 Å². The largest absolute Gasteiger partial charge is 0.457 e. The maximum atomic E-state index is 11.3. The quantitative estimate of drug-likeness (QED) is 0.368. The SMILES string of the molecule is CCCCCCC/C=C/C(=O)OC(C)(C)C. The van der Waals surface area contributed by atoms with Crippen molar-refractivity contribution < 1.29 is 9.53 Å². The van der Waals surface area contributed by atoms with Crippen LogP contribution in [0.2, 0.25) is 0 Å². The Balaban J connectivity index is 3.49. The second kappa shape index (κ2) is 8.37. The van der Waals surface area contributed by atoms with E-state index in [0.29, 0.717) is 0 Å². The molecule has 0 N–H and O–H groups in total. The Morgan fingerprint density at radius 2 is 1.75 bits per heavy atom. The Bertz CT molecular complexity index is 211. The minimum absolute atomic E-state index is 0.235. The van der Waals surface area contributed by atoms with Crippen LogP contribution in [0.5, 0.6) is 0 Å². The van der Waals surface area contributed by atoms with E-state index in [4.69, 9.17) is 4.74 Å². The number of allylic oxidation sites excluding steroid dienone is 1. The van der Waals surface area contributed by atoms with Crippen LogP contribution in [-0.2, 0) is 9.53 Å². The lowest BCUT2D eigenvalue weighted by atomic mass is 10.1. The van der Waals surface area contributed by atoms with Gasteiger partial charge in [0.05, 0.1) is 0 Å². The molecule has 0 spiro atoms. The van der Waals surface area contributed by atoms with Gasteiger partial charge in [-0.05, 0) is 33.6 Å². The normalized spacial score (nSPS) is 12.0. The van der Waals surface area contributed by atoms with E-state index in [1.807, 2.05) is 26.8 Å². The van der Waals surface area contributed by atoms with Gasteiger partial charge in [-0.2, -0.15) is 0 Å². The Morgan fingerprint density at radius 1 is 1.12 bits per heavy atom. The van der Waals surface area contributed by atoms with Crippen LogP contribution in [0, 0.1) is 0 Å². The molecule has 0 aromatic rings. The summed E-state index contributed by atoms with van der Waals surface area (Å²) in [7, 11) is 0. The van der Waals surface area contributed by atoms with Crippen LogP contribution in [0.4, 0.5) is 0 Å². The smallest absolute Gasteiger partial charge is 0.330 e. The van der Waals surface area contributed by atoms with E-state index in [1.165, 1.54) is 32.1 Å². The van der Waals surface area contributed by atoms with E-state index >= 15 is 0 Å². The molecule has 0 heterocycles. The summed E-state index contributed by atoms with van der Waals surface area (Å²) in [5, 5.41) is 0. The zero-order chi connectivity index (χ0) is 12.4. The van der Waals surface area contributed by atoms with Crippen molar-refractivity contribution in [3.8, 4) is 0 Å². The second-order valence-electron chi connectivity index (χ2n) is 5.14. The Hall–Kier alpha value is -0.790. The van der Waals surface area contributed by atoms with Gasteiger partial charge in [0.25, 0.3) is 0 Å². The molecule has 0 aromatic heterocycles. The van der Waals surface area contributed by atoms with Gasteiger partial charge in [0.2, 0.25) is 0 Å². The molecule has 0 aliphatic heterocycles. The monoisotopic (exact) mass is 226 g/mol. The van der Waals surface area contributed by atoms with E-state index < -0.39 is 0 Å². The van der Waals surface area contributed by atoms with Crippen molar-refractivity contribution >= 4 is 5.97 Å². The van der Waals surface area contributed by atoms with Crippen molar-refractivity contribution in [2.75, 3.05) is 0 Å². The molecular formula is C14H26O2. The Kier molecular flexibility index (Phi) is 7.96. The van der Waals surface area contributed by atoms with E-state index in [-0.39, 0.29) is 11.6 Å². The van der Waals surface area contributed by atoms with Crippen LogP contribution in [0.15, 0.2) is 12.2 Å². The molecular weight excluding hydrogens is 200 g/mol. The van der Waals surface area contributed by atoms with Gasteiger partial charge in [0, 0.05) is 6.08 Å². The first-order chi connectivity index (χ1) is 7.45. The van der Waals surface area contributed by atoms with Crippen molar-refractivity contribution in [1.82, 2.24) is 0 Å². The highest BCUT2D eigenvalue weighted by Gasteiger charge is 2.13. The van der Waals surface area contributed by atoms with Crippen LogP contribution in [0.3, 0.4) is 0 Å². The molecule has 0 amide bonds. The molecule has 0 radical (unpaired) electrons. The number of esters is 1. The number of unbranched alkanes of at least 4 members (excludes halogenated alkanes) is 5. The fourth-order valence-corrected chi connectivity index (χ4v) is 1.38. The van der Waals surface area contributed by atoms with Crippen LogP contribution in [0.1, 0.15) is 66.2 Å². The molecule has 0 saturated heterocycles. The first kappa shape index (κ1) is 15.2. The molecule has 0 unspecified atom stereocenters. The number of hydrogen-bond acceptors (Lipinski definition) is 2. The predicted molar refractivity (Wildman–Crippen MR) is 68.4 cm³/mol. The zero-order valence-electron chi connectivity index (χ0n) is 11.2. The minimum Gasteiger partial charge on any atom is -0.457 e. The fraction of sp³-hybridized carbons (Fsp3) is 0.786. The summed E-state index contributed by atoms with van der Waals surface area (Å²) in [6, 6.07) is 0. The van der Waals surface area contributed by atoms with Crippen molar-refractivity contribution in [3.05, 3.63) is 12.2 Å². The number of rotatable bonds is 7. The highest BCUT2D eigenvalue weighted by Crippen LogP contribution is 2.08. The standard InChI is InChI=1S/C14H26O2/c1-5-6-7-8-9-10-11-12-13(15)16-14(2,3)4/h11-12H,5-10H2,1-4H3/b12-11+. The molecule has 0 bridgehead atoms. The van der Waals surface area contributed by atoms with Gasteiger partial charge in [-0.15, -0.1) is 0 Å². The molecule has 0 aliphatic carbocycles. The molecule has 0 rings (SSSR count). The molecule has 0 saturated carbocycles. The maximum Gasteiger partial charge on any atom is 0.330 e. The van der Waals surface area contributed by atoms with Crippen LogP contribution in [0.25, 0.3) is 0 Å². The minimum atomic E-state index is -0.386. The van der Waals surface area contributed by atoms with Crippen molar-refractivity contribution in [2.24, 2.45) is 0 Å². The van der Waals surface area contributed by atoms with Crippen molar-refractivity contribution in [3.63, 3.8) is 0 Å². The molecule has 2 heteroatoms. The summed E-state index contributed by atoms with van der Waals surface area (Å²) in [5.74, 6) is -0.235. The van der Waals surface area contributed by atoms with Gasteiger partial charge in [-0.1, -0.05) is 38.7 Å². The molecule has 94 valence electrons. The average molecular weight is 226 g/mol. The summed E-state index contributed by atoms with van der Waals surface area (Å²) in [4.78, 5) is 11.3. The number of hydrogen-bond donors (Lipinski definition) is 0.